The Hall–Kier alpha value is -3.62. The van der Waals surface area contributed by atoms with Crippen molar-refractivity contribution in [1.82, 2.24) is 25.1 Å². The van der Waals surface area contributed by atoms with Crippen LogP contribution in [0.4, 0.5) is 8.78 Å². The van der Waals surface area contributed by atoms with Gasteiger partial charge < -0.3 is 9.26 Å². The van der Waals surface area contributed by atoms with Crippen molar-refractivity contribution in [2.75, 3.05) is 7.11 Å². The molecule has 0 atom stereocenters. The molecule has 0 radical (unpaired) electrons. The zero-order chi connectivity index (χ0) is 19.0. The highest BCUT2D eigenvalue weighted by molar-refractivity contribution is 5.59. The van der Waals surface area contributed by atoms with Crippen LogP contribution >= 0.6 is 0 Å². The van der Waals surface area contributed by atoms with E-state index in [1.165, 1.54) is 4.68 Å². The lowest BCUT2D eigenvalue weighted by atomic mass is 10.2. The Bertz CT molecular complexity index is 1110. The molecule has 0 bridgehead atoms. The van der Waals surface area contributed by atoms with Gasteiger partial charge in [0.25, 0.3) is 5.89 Å². The molecule has 9 heteroatoms. The summed E-state index contributed by atoms with van der Waals surface area (Å²) in [5.74, 6) is -0.0128. The Kier molecular flexibility index (Phi) is 4.11. The molecule has 2 aromatic heterocycles. The zero-order valence-corrected chi connectivity index (χ0v) is 14.3. The number of rotatable bonds is 4. The van der Waals surface area contributed by atoms with E-state index >= 15 is 0 Å². The monoisotopic (exact) mass is 369 g/mol. The molecule has 0 spiro atoms. The van der Waals surface area contributed by atoms with Crippen LogP contribution in [0.25, 0.3) is 28.7 Å². The van der Waals surface area contributed by atoms with Crippen LogP contribution in [0.1, 0.15) is 5.69 Å². The van der Waals surface area contributed by atoms with E-state index in [1.807, 2.05) is 0 Å². The highest BCUT2D eigenvalue weighted by Gasteiger charge is 2.20. The summed E-state index contributed by atoms with van der Waals surface area (Å²) in [4.78, 5) is 4.31. The lowest BCUT2D eigenvalue weighted by molar-refractivity contribution is 0.414. The first kappa shape index (κ1) is 16.8. The fraction of sp³-hybridized carbons (Fsp3) is 0.111. The minimum Gasteiger partial charge on any atom is -0.497 e. The molecular weight excluding hydrogens is 356 g/mol. The van der Waals surface area contributed by atoms with E-state index in [0.717, 1.165) is 23.8 Å². The van der Waals surface area contributed by atoms with Crippen LogP contribution in [-0.2, 0) is 0 Å². The summed E-state index contributed by atoms with van der Waals surface area (Å²) in [6.45, 7) is 1.65. The van der Waals surface area contributed by atoms with Gasteiger partial charge in [0, 0.05) is 11.6 Å². The second-order valence-corrected chi connectivity index (χ2v) is 5.68. The van der Waals surface area contributed by atoms with Gasteiger partial charge in [-0.3, -0.25) is 0 Å². The molecule has 2 heterocycles. The van der Waals surface area contributed by atoms with E-state index in [0.29, 0.717) is 17.3 Å². The maximum atomic E-state index is 14.0. The van der Waals surface area contributed by atoms with Crippen LogP contribution in [-0.4, -0.2) is 32.2 Å². The van der Waals surface area contributed by atoms with Crippen LogP contribution in [0.2, 0.25) is 0 Å². The van der Waals surface area contributed by atoms with Gasteiger partial charge in [0.05, 0.1) is 12.8 Å². The SMILES string of the molecule is COc1ccc(-c2noc(-c3nnn(-c4cc(F)ccc4F)c3C)n2)cc1. The fourth-order valence-electron chi connectivity index (χ4n) is 2.58. The van der Waals surface area contributed by atoms with Gasteiger partial charge in [-0.15, -0.1) is 5.10 Å². The van der Waals surface area contributed by atoms with Crippen LogP contribution in [0.15, 0.2) is 47.0 Å². The van der Waals surface area contributed by atoms with Gasteiger partial charge in [0.1, 0.15) is 23.1 Å². The largest absolute Gasteiger partial charge is 0.497 e. The van der Waals surface area contributed by atoms with E-state index in [2.05, 4.69) is 20.5 Å². The third kappa shape index (κ3) is 3.03. The van der Waals surface area contributed by atoms with E-state index in [-0.39, 0.29) is 17.3 Å². The molecule has 0 aliphatic carbocycles. The molecule has 4 rings (SSSR count). The number of benzene rings is 2. The first-order chi connectivity index (χ1) is 13.1. The van der Waals surface area contributed by atoms with E-state index in [4.69, 9.17) is 9.26 Å². The van der Waals surface area contributed by atoms with Crippen molar-refractivity contribution in [2.24, 2.45) is 0 Å². The Labute approximate surface area is 152 Å². The average Bonchev–Trinajstić information content (AvgIpc) is 3.30. The summed E-state index contributed by atoms with van der Waals surface area (Å²) in [7, 11) is 1.58. The van der Waals surface area contributed by atoms with Crippen LogP contribution in [0.5, 0.6) is 5.75 Å². The number of hydrogen-bond donors (Lipinski definition) is 0. The molecule has 0 unspecified atom stereocenters. The van der Waals surface area contributed by atoms with E-state index in [1.54, 1.807) is 38.3 Å². The standard InChI is InChI=1S/C18H13F2N5O2/c1-10-16(22-24-25(10)15-9-12(19)5-8-14(15)20)18-21-17(23-27-18)11-3-6-13(26-2)7-4-11/h3-9H,1-2H3. The van der Waals surface area contributed by atoms with Gasteiger partial charge >= 0.3 is 0 Å². The summed E-state index contributed by atoms with van der Waals surface area (Å²) < 4.78 is 39.0. The smallest absolute Gasteiger partial charge is 0.280 e. The zero-order valence-electron chi connectivity index (χ0n) is 14.3. The quantitative estimate of drug-likeness (QED) is 0.547. The summed E-state index contributed by atoms with van der Waals surface area (Å²) in [6.07, 6.45) is 0. The Morgan fingerprint density at radius 1 is 1.07 bits per heavy atom. The average molecular weight is 369 g/mol. The molecule has 7 nitrogen and oxygen atoms in total. The summed E-state index contributed by atoms with van der Waals surface area (Å²) in [5, 5.41) is 11.8. The Morgan fingerprint density at radius 3 is 2.59 bits per heavy atom. The molecule has 2 aromatic carbocycles. The molecule has 0 saturated heterocycles. The summed E-state index contributed by atoms with van der Waals surface area (Å²) in [5.41, 5.74) is 1.39. The van der Waals surface area contributed by atoms with Crippen LogP contribution in [0, 0.1) is 18.6 Å². The topological polar surface area (TPSA) is 78.9 Å². The number of aromatic nitrogens is 5. The number of nitrogens with zero attached hydrogens (tertiary/aromatic N) is 5. The molecule has 27 heavy (non-hydrogen) atoms. The first-order valence-corrected chi connectivity index (χ1v) is 7.93. The van der Waals surface area contributed by atoms with Gasteiger partial charge in [0.2, 0.25) is 5.82 Å². The van der Waals surface area contributed by atoms with Crippen molar-refractivity contribution in [3.05, 3.63) is 59.8 Å². The molecule has 0 aliphatic rings. The number of hydrogen-bond acceptors (Lipinski definition) is 6. The maximum Gasteiger partial charge on any atom is 0.280 e. The Morgan fingerprint density at radius 2 is 1.85 bits per heavy atom. The van der Waals surface area contributed by atoms with Gasteiger partial charge in [-0.05, 0) is 43.3 Å². The fourth-order valence-corrected chi connectivity index (χ4v) is 2.58. The van der Waals surface area contributed by atoms with Crippen molar-refractivity contribution in [3.8, 4) is 34.4 Å². The predicted molar refractivity (Wildman–Crippen MR) is 91.3 cm³/mol. The van der Waals surface area contributed by atoms with Crippen molar-refractivity contribution in [1.29, 1.82) is 0 Å². The summed E-state index contributed by atoms with van der Waals surface area (Å²) >= 11 is 0. The highest BCUT2D eigenvalue weighted by atomic mass is 19.1. The minimum absolute atomic E-state index is 0.0545. The van der Waals surface area contributed by atoms with Crippen molar-refractivity contribution in [2.45, 2.75) is 6.92 Å². The number of ether oxygens (including phenoxy) is 1. The Balaban J connectivity index is 1.70. The van der Waals surface area contributed by atoms with Gasteiger partial charge in [0.15, 0.2) is 5.69 Å². The molecule has 4 aromatic rings. The van der Waals surface area contributed by atoms with E-state index < -0.39 is 11.6 Å². The number of methoxy groups -OCH3 is 1. The molecular formula is C18H13F2N5O2. The van der Waals surface area contributed by atoms with Gasteiger partial charge in [-0.1, -0.05) is 10.4 Å². The van der Waals surface area contributed by atoms with Crippen molar-refractivity contribution in [3.63, 3.8) is 0 Å². The maximum absolute atomic E-state index is 14.0. The first-order valence-electron chi connectivity index (χ1n) is 7.93. The van der Waals surface area contributed by atoms with Gasteiger partial charge in [-0.25, -0.2) is 13.5 Å². The van der Waals surface area contributed by atoms with Crippen LogP contribution in [0.3, 0.4) is 0 Å². The normalized spacial score (nSPS) is 11.0. The molecule has 0 N–H and O–H groups in total. The highest BCUT2D eigenvalue weighted by Crippen LogP contribution is 2.26. The molecule has 0 aliphatic heterocycles. The van der Waals surface area contributed by atoms with E-state index in [9.17, 15) is 8.78 Å². The lowest BCUT2D eigenvalue weighted by Gasteiger charge is -2.04. The van der Waals surface area contributed by atoms with Crippen molar-refractivity contribution < 1.29 is 18.0 Å². The molecule has 0 amide bonds. The predicted octanol–water partition coefficient (Wildman–Crippen LogP) is 3.58. The third-order valence-electron chi connectivity index (χ3n) is 4.01. The number of halogens is 2. The van der Waals surface area contributed by atoms with Gasteiger partial charge in [-0.2, -0.15) is 4.98 Å². The lowest BCUT2D eigenvalue weighted by Crippen LogP contribution is -2.03. The molecule has 0 saturated carbocycles. The second-order valence-electron chi connectivity index (χ2n) is 5.68. The third-order valence-corrected chi connectivity index (χ3v) is 4.01. The second kappa shape index (κ2) is 6.60. The summed E-state index contributed by atoms with van der Waals surface area (Å²) in [6, 6.07) is 10.2. The minimum atomic E-state index is -0.625. The molecule has 0 fully saturated rings. The van der Waals surface area contributed by atoms with Crippen LogP contribution < -0.4 is 4.74 Å². The molecule has 136 valence electrons. The van der Waals surface area contributed by atoms with Crippen molar-refractivity contribution >= 4 is 0 Å².